The number of anilines is 3. The number of aromatic hydroxyl groups is 1. The SMILES string of the molecule is OCc1cc(Nc2nccc(-c3ccc(O)cc3)n2)ccc1N1CCOCC1. The summed E-state index contributed by atoms with van der Waals surface area (Å²) >= 11 is 0. The van der Waals surface area contributed by atoms with Gasteiger partial charge in [0.05, 0.1) is 25.5 Å². The second-order valence-corrected chi connectivity index (χ2v) is 6.54. The maximum absolute atomic E-state index is 9.82. The summed E-state index contributed by atoms with van der Waals surface area (Å²) in [5.74, 6) is 0.682. The van der Waals surface area contributed by atoms with Crippen LogP contribution >= 0.6 is 0 Å². The maximum atomic E-state index is 9.82. The molecule has 2 aromatic carbocycles. The number of ether oxygens (including phenoxy) is 1. The Balaban J connectivity index is 1.55. The van der Waals surface area contributed by atoms with Gasteiger partial charge in [-0.05, 0) is 48.5 Å². The van der Waals surface area contributed by atoms with Crippen LogP contribution in [0.3, 0.4) is 0 Å². The number of aliphatic hydroxyl groups excluding tert-OH is 1. The van der Waals surface area contributed by atoms with Crippen LogP contribution in [-0.2, 0) is 11.3 Å². The molecular formula is C21H22N4O3. The Labute approximate surface area is 163 Å². The Hall–Kier alpha value is -3.16. The zero-order valence-corrected chi connectivity index (χ0v) is 15.4. The van der Waals surface area contributed by atoms with Crippen molar-refractivity contribution in [3.05, 3.63) is 60.3 Å². The lowest BCUT2D eigenvalue weighted by molar-refractivity contribution is 0.122. The van der Waals surface area contributed by atoms with Crippen LogP contribution in [-0.4, -0.2) is 46.5 Å². The van der Waals surface area contributed by atoms with Gasteiger partial charge in [-0.3, -0.25) is 0 Å². The van der Waals surface area contributed by atoms with E-state index in [2.05, 4.69) is 20.2 Å². The van der Waals surface area contributed by atoms with Gasteiger partial charge in [0.2, 0.25) is 5.95 Å². The molecular weight excluding hydrogens is 356 g/mol. The zero-order valence-electron chi connectivity index (χ0n) is 15.4. The van der Waals surface area contributed by atoms with Crippen molar-refractivity contribution in [1.82, 2.24) is 9.97 Å². The van der Waals surface area contributed by atoms with E-state index in [0.717, 1.165) is 41.3 Å². The quantitative estimate of drug-likeness (QED) is 0.629. The van der Waals surface area contributed by atoms with E-state index in [1.54, 1.807) is 18.3 Å². The van der Waals surface area contributed by atoms with Crippen LogP contribution in [0.5, 0.6) is 5.75 Å². The number of rotatable bonds is 5. The second kappa shape index (κ2) is 8.24. The number of aliphatic hydroxyl groups is 1. The summed E-state index contributed by atoms with van der Waals surface area (Å²) in [5, 5.41) is 22.5. The van der Waals surface area contributed by atoms with Crippen LogP contribution in [0.4, 0.5) is 17.3 Å². The molecule has 0 bridgehead atoms. The lowest BCUT2D eigenvalue weighted by atomic mass is 10.1. The molecule has 28 heavy (non-hydrogen) atoms. The van der Waals surface area contributed by atoms with E-state index in [-0.39, 0.29) is 12.4 Å². The van der Waals surface area contributed by atoms with Crippen LogP contribution in [0, 0.1) is 0 Å². The second-order valence-electron chi connectivity index (χ2n) is 6.54. The summed E-state index contributed by atoms with van der Waals surface area (Å²) in [7, 11) is 0. The van der Waals surface area contributed by atoms with Gasteiger partial charge in [0.1, 0.15) is 5.75 Å². The largest absolute Gasteiger partial charge is 0.508 e. The first-order valence-corrected chi connectivity index (χ1v) is 9.19. The summed E-state index contributed by atoms with van der Waals surface area (Å²) in [6.07, 6.45) is 1.69. The monoisotopic (exact) mass is 378 g/mol. The van der Waals surface area contributed by atoms with Crippen LogP contribution < -0.4 is 10.2 Å². The molecule has 0 aliphatic carbocycles. The van der Waals surface area contributed by atoms with E-state index in [1.165, 1.54) is 0 Å². The number of nitrogens with one attached hydrogen (secondary N) is 1. The molecule has 3 N–H and O–H groups in total. The highest BCUT2D eigenvalue weighted by Gasteiger charge is 2.15. The molecule has 1 fully saturated rings. The fourth-order valence-corrected chi connectivity index (χ4v) is 3.24. The third-order valence-electron chi connectivity index (χ3n) is 4.68. The predicted molar refractivity (Wildman–Crippen MR) is 108 cm³/mol. The zero-order chi connectivity index (χ0) is 19.3. The van der Waals surface area contributed by atoms with Crippen molar-refractivity contribution in [3.8, 4) is 17.0 Å². The molecule has 7 heteroatoms. The average molecular weight is 378 g/mol. The number of benzene rings is 2. The highest BCUT2D eigenvalue weighted by atomic mass is 16.5. The van der Waals surface area contributed by atoms with Gasteiger partial charge in [0.15, 0.2) is 0 Å². The van der Waals surface area contributed by atoms with E-state index in [4.69, 9.17) is 4.74 Å². The van der Waals surface area contributed by atoms with Gasteiger partial charge >= 0.3 is 0 Å². The molecule has 0 spiro atoms. The van der Waals surface area contributed by atoms with E-state index in [9.17, 15) is 10.2 Å². The first kappa shape index (κ1) is 18.2. The Morgan fingerprint density at radius 3 is 2.57 bits per heavy atom. The highest BCUT2D eigenvalue weighted by molar-refractivity contribution is 5.66. The van der Waals surface area contributed by atoms with Gasteiger partial charge in [-0.25, -0.2) is 9.97 Å². The van der Waals surface area contributed by atoms with Crippen LogP contribution in [0.15, 0.2) is 54.7 Å². The van der Waals surface area contributed by atoms with Crippen molar-refractivity contribution in [3.63, 3.8) is 0 Å². The average Bonchev–Trinajstić information content (AvgIpc) is 2.75. The van der Waals surface area contributed by atoms with Gasteiger partial charge in [0.25, 0.3) is 0 Å². The molecule has 0 radical (unpaired) electrons. The number of hydrogen-bond acceptors (Lipinski definition) is 7. The molecule has 1 aliphatic rings. The van der Waals surface area contributed by atoms with E-state index in [1.807, 2.05) is 36.4 Å². The van der Waals surface area contributed by atoms with Crippen molar-refractivity contribution >= 4 is 17.3 Å². The molecule has 0 amide bonds. The Kier molecular flexibility index (Phi) is 5.36. The molecule has 1 saturated heterocycles. The Bertz CT molecular complexity index is 941. The summed E-state index contributed by atoms with van der Waals surface area (Å²) in [4.78, 5) is 11.0. The fourth-order valence-electron chi connectivity index (χ4n) is 3.24. The molecule has 4 rings (SSSR count). The molecule has 0 unspecified atom stereocenters. The van der Waals surface area contributed by atoms with Crippen molar-refractivity contribution in [2.45, 2.75) is 6.61 Å². The maximum Gasteiger partial charge on any atom is 0.227 e. The summed E-state index contributed by atoms with van der Waals surface area (Å²) in [6.45, 7) is 2.98. The van der Waals surface area contributed by atoms with E-state index < -0.39 is 0 Å². The van der Waals surface area contributed by atoms with Crippen molar-refractivity contribution in [2.24, 2.45) is 0 Å². The molecule has 144 valence electrons. The minimum Gasteiger partial charge on any atom is -0.508 e. The summed E-state index contributed by atoms with van der Waals surface area (Å²) < 4.78 is 5.40. The normalized spacial score (nSPS) is 14.1. The van der Waals surface area contributed by atoms with Gasteiger partial charge in [-0.15, -0.1) is 0 Å². The topological polar surface area (TPSA) is 90.7 Å². The van der Waals surface area contributed by atoms with E-state index in [0.29, 0.717) is 19.2 Å². The van der Waals surface area contributed by atoms with Crippen molar-refractivity contribution < 1.29 is 14.9 Å². The van der Waals surface area contributed by atoms with E-state index >= 15 is 0 Å². The molecule has 0 atom stereocenters. The first-order valence-electron chi connectivity index (χ1n) is 9.19. The molecule has 0 saturated carbocycles. The first-order chi connectivity index (χ1) is 13.7. The van der Waals surface area contributed by atoms with Crippen LogP contribution in [0.2, 0.25) is 0 Å². The highest BCUT2D eigenvalue weighted by Crippen LogP contribution is 2.27. The predicted octanol–water partition coefficient (Wildman–Crippen LogP) is 2.92. The Morgan fingerprint density at radius 2 is 1.82 bits per heavy atom. The van der Waals surface area contributed by atoms with Gasteiger partial charge in [0, 0.05) is 41.8 Å². The fraction of sp³-hybridized carbons (Fsp3) is 0.238. The Morgan fingerprint density at radius 1 is 1.04 bits per heavy atom. The number of morpholine rings is 1. The molecule has 3 aromatic rings. The lowest BCUT2D eigenvalue weighted by Gasteiger charge is -2.30. The third-order valence-corrected chi connectivity index (χ3v) is 4.68. The number of hydrogen-bond donors (Lipinski definition) is 3. The lowest BCUT2D eigenvalue weighted by Crippen LogP contribution is -2.36. The third kappa shape index (κ3) is 4.05. The van der Waals surface area contributed by atoms with Crippen molar-refractivity contribution in [1.29, 1.82) is 0 Å². The molecule has 7 nitrogen and oxygen atoms in total. The van der Waals surface area contributed by atoms with Gasteiger partial charge in [-0.1, -0.05) is 0 Å². The van der Waals surface area contributed by atoms with Gasteiger partial charge in [-0.2, -0.15) is 0 Å². The number of phenolic OH excluding ortho intramolecular Hbond substituents is 1. The molecule has 2 heterocycles. The standard InChI is InChI=1S/C21H22N4O3/c26-14-16-13-17(3-6-20(16)25-9-11-28-12-10-25)23-21-22-8-7-19(24-21)15-1-4-18(27)5-2-15/h1-8,13,26-27H,9-12,14H2,(H,22,23,24). The summed E-state index contributed by atoms with van der Waals surface area (Å²) in [5.41, 5.74) is 4.33. The number of nitrogens with zero attached hydrogens (tertiary/aromatic N) is 3. The number of aromatic nitrogens is 2. The minimum absolute atomic E-state index is 0.0450. The van der Waals surface area contributed by atoms with Crippen molar-refractivity contribution in [2.75, 3.05) is 36.5 Å². The molecule has 1 aromatic heterocycles. The van der Waals surface area contributed by atoms with Crippen LogP contribution in [0.1, 0.15) is 5.56 Å². The number of phenols is 1. The van der Waals surface area contributed by atoms with Gasteiger partial charge < -0.3 is 25.2 Å². The summed E-state index contributed by atoms with van der Waals surface area (Å²) in [6, 6.07) is 14.6. The smallest absolute Gasteiger partial charge is 0.227 e. The van der Waals surface area contributed by atoms with Crippen LogP contribution in [0.25, 0.3) is 11.3 Å². The molecule has 1 aliphatic heterocycles. The minimum atomic E-state index is -0.0450.